The fourth-order valence-electron chi connectivity index (χ4n) is 2.08. The van der Waals surface area contributed by atoms with Crippen molar-refractivity contribution in [3.05, 3.63) is 34.2 Å². The molecule has 0 unspecified atom stereocenters. The molecule has 2 rings (SSSR count). The molecule has 9 nitrogen and oxygen atoms in total. The summed E-state index contributed by atoms with van der Waals surface area (Å²) in [5.41, 5.74) is 5.66. The fourth-order valence-corrected chi connectivity index (χ4v) is 2.08. The summed E-state index contributed by atoms with van der Waals surface area (Å²) >= 11 is 0. The van der Waals surface area contributed by atoms with Gasteiger partial charge in [0.2, 0.25) is 0 Å². The van der Waals surface area contributed by atoms with Gasteiger partial charge in [-0.1, -0.05) is 0 Å². The minimum Gasteiger partial charge on any atom is -0.496 e. The molecule has 0 aliphatic heterocycles. The Kier molecular flexibility index (Phi) is 7.38. The summed E-state index contributed by atoms with van der Waals surface area (Å²) in [6, 6.07) is 3.26. The average molecular weight is 407 g/mol. The molecule has 1 heterocycles. The average Bonchev–Trinajstić information content (AvgIpc) is 2.59. The SMILES string of the molecule is COc1cc(OC)c2c(C[C@H](N)C(=O)O)cc(=O)oc2c1.O=C(O)C(F)(F)F. The van der Waals surface area contributed by atoms with Crippen molar-refractivity contribution in [3.63, 3.8) is 0 Å². The van der Waals surface area contributed by atoms with Crippen LogP contribution in [0.2, 0.25) is 0 Å². The van der Waals surface area contributed by atoms with Crippen LogP contribution in [0.3, 0.4) is 0 Å². The van der Waals surface area contributed by atoms with Gasteiger partial charge < -0.3 is 29.8 Å². The van der Waals surface area contributed by atoms with E-state index in [1.54, 1.807) is 6.07 Å². The summed E-state index contributed by atoms with van der Waals surface area (Å²) in [7, 11) is 2.93. The van der Waals surface area contributed by atoms with Gasteiger partial charge in [-0.25, -0.2) is 9.59 Å². The lowest BCUT2D eigenvalue weighted by molar-refractivity contribution is -0.192. The summed E-state index contributed by atoms with van der Waals surface area (Å²) in [6.07, 6.45) is -5.10. The zero-order valence-electron chi connectivity index (χ0n) is 14.6. The van der Waals surface area contributed by atoms with E-state index in [-0.39, 0.29) is 12.0 Å². The molecule has 154 valence electrons. The molecule has 0 spiro atoms. The van der Waals surface area contributed by atoms with Crippen molar-refractivity contribution >= 4 is 22.9 Å². The van der Waals surface area contributed by atoms with Crippen LogP contribution in [0, 0.1) is 0 Å². The maximum Gasteiger partial charge on any atom is 0.490 e. The Labute approximate surface area is 155 Å². The summed E-state index contributed by atoms with van der Waals surface area (Å²) < 4.78 is 47.2. The van der Waals surface area contributed by atoms with Crippen LogP contribution in [0.5, 0.6) is 11.5 Å². The highest BCUT2D eigenvalue weighted by molar-refractivity contribution is 5.89. The second-order valence-corrected chi connectivity index (χ2v) is 5.25. The van der Waals surface area contributed by atoms with E-state index in [9.17, 15) is 22.8 Å². The number of benzene rings is 1. The molecule has 28 heavy (non-hydrogen) atoms. The molecule has 1 aromatic carbocycles. The first-order valence-corrected chi connectivity index (χ1v) is 7.38. The van der Waals surface area contributed by atoms with E-state index in [0.717, 1.165) is 0 Å². The molecule has 0 saturated heterocycles. The standard InChI is InChI=1S/C14H15NO6.C2HF3O2/c1-19-8-5-10(20-2)13-7(3-9(15)14(17)18)4-12(16)21-11(13)6-8;3-2(4,5)1(6)7/h4-6,9H,3,15H2,1-2H3,(H,17,18);(H,6,7)/t9-;/m0./s1. The quantitative estimate of drug-likeness (QED) is 0.625. The zero-order valence-corrected chi connectivity index (χ0v) is 14.6. The first-order chi connectivity index (χ1) is 12.9. The van der Waals surface area contributed by atoms with E-state index in [4.69, 9.17) is 34.6 Å². The molecule has 0 saturated carbocycles. The molecule has 0 fully saturated rings. The summed E-state index contributed by atoms with van der Waals surface area (Å²) in [4.78, 5) is 31.4. The molecule has 12 heteroatoms. The predicted octanol–water partition coefficient (Wildman–Crippen LogP) is 1.40. The van der Waals surface area contributed by atoms with Crippen molar-refractivity contribution in [3.8, 4) is 11.5 Å². The van der Waals surface area contributed by atoms with E-state index in [0.29, 0.717) is 22.4 Å². The van der Waals surface area contributed by atoms with Crippen LogP contribution < -0.4 is 20.8 Å². The Morgan fingerprint density at radius 1 is 1.18 bits per heavy atom. The Hall–Kier alpha value is -3.28. The number of carbonyl (C=O) groups is 2. The normalized spacial score (nSPS) is 11.9. The number of methoxy groups -OCH3 is 2. The number of hydrogen-bond donors (Lipinski definition) is 3. The van der Waals surface area contributed by atoms with Gasteiger partial charge in [0.25, 0.3) is 0 Å². The number of hydrogen-bond acceptors (Lipinski definition) is 7. The number of aliphatic carboxylic acids is 2. The summed E-state index contributed by atoms with van der Waals surface area (Å²) in [6.45, 7) is 0. The van der Waals surface area contributed by atoms with Crippen molar-refractivity contribution in [1.82, 2.24) is 0 Å². The number of rotatable bonds is 5. The molecule has 0 amide bonds. The van der Waals surface area contributed by atoms with Crippen molar-refractivity contribution in [2.24, 2.45) is 5.73 Å². The number of nitrogens with two attached hydrogens (primary N) is 1. The van der Waals surface area contributed by atoms with Crippen LogP contribution in [0.25, 0.3) is 11.0 Å². The second-order valence-electron chi connectivity index (χ2n) is 5.25. The van der Waals surface area contributed by atoms with Crippen LogP contribution in [-0.4, -0.2) is 48.6 Å². The zero-order chi connectivity index (χ0) is 21.6. The van der Waals surface area contributed by atoms with E-state index < -0.39 is 29.8 Å². The molecule has 0 aliphatic rings. The Morgan fingerprint density at radius 2 is 1.75 bits per heavy atom. The van der Waals surface area contributed by atoms with E-state index >= 15 is 0 Å². The molecule has 0 bridgehead atoms. The highest BCUT2D eigenvalue weighted by atomic mass is 19.4. The molecule has 0 radical (unpaired) electrons. The lowest BCUT2D eigenvalue weighted by atomic mass is 10.0. The fraction of sp³-hybridized carbons (Fsp3) is 0.312. The lowest BCUT2D eigenvalue weighted by Gasteiger charge is -2.13. The summed E-state index contributed by atoms with van der Waals surface area (Å²) in [5.74, 6) is -3.03. The number of carboxylic acids is 2. The van der Waals surface area contributed by atoms with Crippen molar-refractivity contribution in [2.45, 2.75) is 18.6 Å². The van der Waals surface area contributed by atoms with Crippen LogP contribution in [0.1, 0.15) is 5.56 Å². The van der Waals surface area contributed by atoms with E-state index in [1.807, 2.05) is 0 Å². The van der Waals surface area contributed by atoms with Crippen LogP contribution in [-0.2, 0) is 16.0 Å². The molecule has 2 aromatic rings. The third-order valence-electron chi connectivity index (χ3n) is 3.32. The molecular formula is C16H16F3NO8. The van der Waals surface area contributed by atoms with Gasteiger partial charge in [0.05, 0.1) is 19.6 Å². The van der Waals surface area contributed by atoms with E-state index in [1.165, 1.54) is 26.4 Å². The maximum atomic E-state index is 11.6. The molecule has 1 atom stereocenters. The number of fused-ring (bicyclic) bond motifs is 1. The monoisotopic (exact) mass is 407 g/mol. The number of halogens is 3. The second kappa shape index (κ2) is 9.08. The Balaban J connectivity index is 0.000000480. The smallest absolute Gasteiger partial charge is 0.490 e. The van der Waals surface area contributed by atoms with Crippen LogP contribution in [0.4, 0.5) is 13.2 Å². The Bertz CT molecular complexity index is 922. The van der Waals surface area contributed by atoms with Gasteiger partial charge in [0.1, 0.15) is 23.1 Å². The minimum absolute atomic E-state index is 0.0138. The van der Waals surface area contributed by atoms with E-state index in [2.05, 4.69) is 0 Å². The number of ether oxygens (including phenoxy) is 2. The van der Waals surface area contributed by atoms with Crippen molar-refractivity contribution in [1.29, 1.82) is 0 Å². The summed E-state index contributed by atoms with van der Waals surface area (Å²) in [5, 5.41) is 16.5. The Morgan fingerprint density at radius 3 is 2.18 bits per heavy atom. The van der Waals surface area contributed by atoms with Gasteiger partial charge in [0, 0.05) is 18.2 Å². The largest absolute Gasteiger partial charge is 0.496 e. The lowest BCUT2D eigenvalue weighted by Crippen LogP contribution is -2.32. The van der Waals surface area contributed by atoms with Gasteiger partial charge in [-0.15, -0.1) is 0 Å². The van der Waals surface area contributed by atoms with Gasteiger partial charge >= 0.3 is 23.7 Å². The number of carboxylic acid groups (broad SMARTS) is 2. The first kappa shape index (κ1) is 22.8. The third kappa shape index (κ3) is 5.87. The predicted molar refractivity (Wildman–Crippen MR) is 88.6 cm³/mol. The third-order valence-corrected chi connectivity index (χ3v) is 3.32. The van der Waals surface area contributed by atoms with Gasteiger partial charge in [0.15, 0.2) is 0 Å². The van der Waals surface area contributed by atoms with Gasteiger partial charge in [-0.2, -0.15) is 13.2 Å². The number of alkyl halides is 3. The maximum absolute atomic E-state index is 11.6. The molecular weight excluding hydrogens is 391 g/mol. The van der Waals surface area contributed by atoms with Gasteiger partial charge in [-0.3, -0.25) is 4.79 Å². The highest BCUT2D eigenvalue weighted by Crippen LogP contribution is 2.33. The first-order valence-electron chi connectivity index (χ1n) is 7.38. The van der Waals surface area contributed by atoms with Crippen LogP contribution in [0.15, 0.2) is 27.4 Å². The molecule has 0 aliphatic carbocycles. The van der Waals surface area contributed by atoms with Crippen LogP contribution >= 0.6 is 0 Å². The topological polar surface area (TPSA) is 149 Å². The molecule has 4 N–H and O–H groups in total. The minimum atomic E-state index is -5.08. The van der Waals surface area contributed by atoms with Crippen molar-refractivity contribution in [2.75, 3.05) is 14.2 Å². The highest BCUT2D eigenvalue weighted by Gasteiger charge is 2.38. The van der Waals surface area contributed by atoms with Gasteiger partial charge in [-0.05, 0) is 12.0 Å². The molecule has 1 aromatic heterocycles. The van der Waals surface area contributed by atoms with Crippen molar-refractivity contribution < 1.29 is 46.9 Å².